The van der Waals surface area contributed by atoms with E-state index < -0.39 is 27.7 Å². The molecule has 2 N–H and O–H groups in total. The topological polar surface area (TPSA) is 104 Å². The second kappa shape index (κ2) is 8.33. The first-order valence-electron chi connectivity index (χ1n) is 7.31. The number of nitrogens with one attached hydrogen (secondary N) is 1. The zero-order valence-electron chi connectivity index (χ0n) is 12.4. The van der Waals surface area contributed by atoms with Gasteiger partial charge in [0.2, 0.25) is 0 Å². The molecule has 8 heteroatoms. The fraction of sp³-hybridized carbons (Fsp3) is 0.846. The van der Waals surface area contributed by atoms with Gasteiger partial charge in [0.05, 0.1) is 11.5 Å². The summed E-state index contributed by atoms with van der Waals surface area (Å²) < 4.78 is 22.9. The number of carbonyl (C=O) groups excluding carboxylic acids is 2. The van der Waals surface area contributed by atoms with Gasteiger partial charge in [-0.2, -0.15) is 0 Å². The molecule has 1 aliphatic rings. The van der Waals surface area contributed by atoms with Crippen LogP contribution in [0.3, 0.4) is 0 Å². The second-order valence-corrected chi connectivity index (χ2v) is 7.42. The van der Waals surface area contributed by atoms with E-state index >= 15 is 0 Å². The Morgan fingerprint density at radius 3 is 2.52 bits per heavy atom. The van der Waals surface area contributed by atoms with Crippen LogP contribution in [0.15, 0.2) is 0 Å². The molecule has 1 fully saturated rings. The number of likely N-dealkylation sites (N-methyl/N-ethyl adjacent to an activating group) is 1. The molecule has 21 heavy (non-hydrogen) atoms. The van der Waals surface area contributed by atoms with Crippen molar-refractivity contribution in [3.63, 3.8) is 0 Å². The van der Waals surface area contributed by atoms with Crippen LogP contribution in [-0.4, -0.2) is 67.5 Å². The van der Waals surface area contributed by atoms with Crippen LogP contribution in [-0.2, 0) is 19.4 Å². The predicted octanol–water partition coefficient (Wildman–Crippen LogP) is -0.699. The van der Waals surface area contributed by atoms with Crippen molar-refractivity contribution in [3.8, 4) is 0 Å². The van der Waals surface area contributed by atoms with Gasteiger partial charge >= 0.3 is 11.8 Å². The van der Waals surface area contributed by atoms with E-state index in [9.17, 15) is 18.0 Å². The van der Waals surface area contributed by atoms with Gasteiger partial charge in [-0.1, -0.05) is 0 Å². The van der Waals surface area contributed by atoms with Crippen LogP contribution in [0.4, 0.5) is 0 Å². The number of rotatable bonds is 7. The highest BCUT2D eigenvalue weighted by molar-refractivity contribution is 7.91. The number of unbranched alkanes of at least 4 members (excludes halogenated alkanes) is 2. The number of aliphatic hydroxyl groups is 1. The summed E-state index contributed by atoms with van der Waals surface area (Å²) in [7, 11) is -3.09. The highest BCUT2D eigenvalue weighted by atomic mass is 32.2. The Kier molecular flexibility index (Phi) is 7.10. The van der Waals surface area contributed by atoms with Crippen molar-refractivity contribution in [2.45, 2.75) is 38.6 Å². The van der Waals surface area contributed by atoms with Gasteiger partial charge in [-0.3, -0.25) is 9.59 Å². The number of hydrogen-bond acceptors (Lipinski definition) is 5. The highest BCUT2D eigenvalue weighted by Crippen LogP contribution is 2.17. The lowest BCUT2D eigenvalue weighted by molar-refractivity contribution is -0.147. The Labute approximate surface area is 125 Å². The van der Waals surface area contributed by atoms with E-state index in [4.69, 9.17) is 5.11 Å². The molecule has 1 aliphatic heterocycles. The van der Waals surface area contributed by atoms with Crippen molar-refractivity contribution in [3.05, 3.63) is 0 Å². The molecule has 0 spiro atoms. The zero-order valence-corrected chi connectivity index (χ0v) is 13.2. The zero-order chi connectivity index (χ0) is 15.9. The number of nitrogens with zero attached hydrogens (tertiary/aromatic N) is 1. The fourth-order valence-corrected chi connectivity index (χ4v) is 4.14. The van der Waals surface area contributed by atoms with Crippen molar-refractivity contribution in [1.82, 2.24) is 10.2 Å². The minimum absolute atomic E-state index is 0.0592. The van der Waals surface area contributed by atoms with E-state index in [0.717, 1.165) is 6.42 Å². The van der Waals surface area contributed by atoms with Crippen LogP contribution in [0.25, 0.3) is 0 Å². The molecule has 1 atom stereocenters. The predicted molar refractivity (Wildman–Crippen MR) is 78.4 cm³/mol. The van der Waals surface area contributed by atoms with Gasteiger partial charge in [-0.25, -0.2) is 8.42 Å². The first-order chi connectivity index (χ1) is 9.91. The quantitative estimate of drug-likeness (QED) is 0.477. The van der Waals surface area contributed by atoms with E-state index in [1.165, 1.54) is 4.90 Å². The Hall–Kier alpha value is -1.15. The van der Waals surface area contributed by atoms with Crippen LogP contribution in [0.2, 0.25) is 0 Å². The van der Waals surface area contributed by atoms with Crippen LogP contribution < -0.4 is 5.32 Å². The Bertz CT molecular complexity index is 463. The van der Waals surface area contributed by atoms with E-state index in [1.54, 1.807) is 6.92 Å². The van der Waals surface area contributed by atoms with Gasteiger partial charge in [-0.05, 0) is 32.6 Å². The summed E-state index contributed by atoms with van der Waals surface area (Å²) in [6.07, 6.45) is 2.55. The number of amides is 2. The van der Waals surface area contributed by atoms with Crippen molar-refractivity contribution in [2.24, 2.45) is 0 Å². The van der Waals surface area contributed by atoms with Crippen molar-refractivity contribution >= 4 is 21.7 Å². The second-order valence-electron chi connectivity index (χ2n) is 5.19. The third-order valence-electron chi connectivity index (χ3n) is 3.57. The molecule has 1 unspecified atom stereocenters. The Morgan fingerprint density at radius 2 is 2.00 bits per heavy atom. The first-order valence-corrected chi connectivity index (χ1v) is 9.13. The lowest BCUT2D eigenvalue weighted by Crippen LogP contribution is -2.48. The number of aliphatic hydroxyl groups excluding tert-OH is 1. The molecular formula is C13H24N2O5S. The maximum absolute atomic E-state index is 12.1. The summed E-state index contributed by atoms with van der Waals surface area (Å²) in [5.74, 6) is -1.34. The molecule has 122 valence electrons. The smallest absolute Gasteiger partial charge is 0.312 e. The van der Waals surface area contributed by atoms with Gasteiger partial charge in [0, 0.05) is 25.7 Å². The molecule has 1 heterocycles. The van der Waals surface area contributed by atoms with E-state index in [2.05, 4.69) is 5.32 Å². The van der Waals surface area contributed by atoms with Crippen LogP contribution in [0.5, 0.6) is 0 Å². The summed E-state index contributed by atoms with van der Waals surface area (Å²) in [6.45, 7) is 2.55. The monoisotopic (exact) mass is 320 g/mol. The van der Waals surface area contributed by atoms with Crippen molar-refractivity contribution in [2.75, 3.05) is 31.2 Å². The minimum Gasteiger partial charge on any atom is -0.396 e. The third kappa shape index (κ3) is 5.62. The van der Waals surface area contributed by atoms with Crippen LogP contribution in [0.1, 0.15) is 32.6 Å². The Morgan fingerprint density at radius 1 is 1.29 bits per heavy atom. The molecular weight excluding hydrogens is 296 g/mol. The molecule has 7 nitrogen and oxygen atoms in total. The van der Waals surface area contributed by atoms with Crippen LogP contribution in [0, 0.1) is 0 Å². The standard InChI is InChI=1S/C13H24N2O5S/c1-2-15(11-6-9-21(19,20)10-11)13(18)12(17)14-7-4-3-5-8-16/h11,16H,2-10H2,1H3,(H,14,17). The highest BCUT2D eigenvalue weighted by Gasteiger charge is 2.35. The number of carbonyl (C=O) groups is 2. The molecule has 1 rings (SSSR count). The first kappa shape index (κ1) is 17.9. The largest absolute Gasteiger partial charge is 0.396 e. The summed E-state index contributed by atoms with van der Waals surface area (Å²) in [5, 5.41) is 11.2. The Balaban J connectivity index is 2.45. The summed E-state index contributed by atoms with van der Waals surface area (Å²) in [6, 6.07) is -0.396. The van der Waals surface area contributed by atoms with Gasteiger partial charge in [0.15, 0.2) is 9.84 Å². The molecule has 0 radical (unpaired) electrons. The lowest BCUT2D eigenvalue weighted by atomic mass is 10.2. The lowest BCUT2D eigenvalue weighted by Gasteiger charge is -2.26. The molecule has 0 bridgehead atoms. The molecule has 0 aromatic rings. The number of sulfone groups is 1. The van der Waals surface area contributed by atoms with Crippen LogP contribution >= 0.6 is 0 Å². The molecule has 0 aliphatic carbocycles. The molecule has 0 saturated carbocycles. The van der Waals surface area contributed by atoms with Gasteiger partial charge < -0.3 is 15.3 Å². The number of hydrogen-bond donors (Lipinski definition) is 2. The maximum Gasteiger partial charge on any atom is 0.312 e. The van der Waals surface area contributed by atoms with Gasteiger partial charge in [0.25, 0.3) is 0 Å². The molecule has 1 saturated heterocycles. The maximum atomic E-state index is 12.1. The third-order valence-corrected chi connectivity index (χ3v) is 5.32. The minimum atomic E-state index is -3.09. The average Bonchev–Trinajstić information content (AvgIpc) is 2.79. The summed E-state index contributed by atoms with van der Waals surface area (Å²) in [5.41, 5.74) is 0. The fourth-order valence-electron chi connectivity index (χ4n) is 2.41. The normalized spacial score (nSPS) is 20.2. The summed E-state index contributed by atoms with van der Waals surface area (Å²) >= 11 is 0. The van der Waals surface area contributed by atoms with E-state index in [-0.39, 0.29) is 18.1 Å². The molecule has 0 aromatic carbocycles. The SMILES string of the molecule is CCN(C(=O)C(=O)NCCCCCO)C1CCS(=O)(=O)C1. The molecule has 2 amide bonds. The van der Waals surface area contributed by atoms with E-state index in [0.29, 0.717) is 32.4 Å². The average molecular weight is 320 g/mol. The van der Waals surface area contributed by atoms with E-state index in [1.807, 2.05) is 0 Å². The van der Waals surface area contributed by atoms with Crippen molar-refractivity contribution < 1.29 is 23.1 Å². The van der Waals surface area contributed by atoms with Gasteiger partial charge in [-0.15, -0.1) is 0 Å². The summed E-state index contributed by atoms with van der Waals surface area (Å²) in [4.78, 5) is 25.2. The van der Waals surface area contributed by atoms with Crippen molar-refractivity contribution in [1.29, 1.82) is 0 Å². The molecule has 0 aromatic heterocycles. The van der Waals surface area contributed by atoms with Gasteiger partial charge in [0.1, 0.15) is 0 Å².